The minimum absolute atomic E-state index is 0.797. The normalized spacial score (nSPS) is 10.8. The van der Waals surface area contributed by atoms with Gasteiger partial charge in [0.15, 0.2) is 0 Å². The summed E-state index contributed by atoms with van der Waals surface area (Å²) in [5.41, 5.74) is 2.13. The lowest BCUT2D eigenvalue weighted by Crippen LogP contribution is -2.04. The molecule has 21 heavy (non-hydrogen) atoms. The van der Waals surface area contributed by atoms with Crippen LogP contribution in [0.2, 0.25) is 0 Å². The topological polar surface area (TPSA) is 34.1 Å². The molecule has 4 heteroatoms. The lowest BCUT2D eigenvalue weighted by atomic mass is 10.2. The molecule has 1 heterocycles. The van der Waals surface area contributed by atoms with Gasteiger partial charge < -0.3 is 10.1 Å². The SMILES string of the molecule is CNCc1ccc(Oc2cccc3ncccc23)c(Br)c1. The number of rotatable bonds is 4. The highest BCUT2D eigenvalue weighted by Crippen LogP contribution is 2.33. The first kappa shape index (κ1) is 14.0. The predicted molar refractivity (Wildman–Crippen MR) is 88.7 cm³/mol. The number of halogens is 1. The summed E-state index contributed by atoms with van der Waals surface area (Å²) >= 11 is 3.57. The molecule has 106 valence electrons. The van der Waals surface area contributed by atoms with Gasteiger partial charge in [-0.1, -0.05) is 12.1 Å². The summed E-state index contributed by atoms with van der Waals surface area (Å²) < 4.78 is 6.99. The van der Waals surface area contributed by atoms with Crippen molar-refractivity contribution in [3.63, 3.8) is 0 Å². The van der Waals surface area contributed by atoms with Gasteiger partial charge in [0, 0.05) is 18.1 Å². The van der Waals surface area contributed by atoms with E-state index in [0.29, 0.717) is 0 Å². The average molecular weight is 343 g/mol. The Morgan fingerprint density at radius 3 is 2.81 bits per heavy atom. The Kier molecular flexibility index (Phi) is 4.18. The fourth-order valence-corrected chi connectivity index (χ4v) is 2.73. The maximum atomic E-state index is 6.05. The van der Waals surface area contributed by atoms with Gasteiger partial charge in [-0.05, 0) is 64.9 Å². The third-order valence-electron chi connectivity index (χ3n) is 3.20. The maximum absolute atomic E-state index is 6.05. The Morgan fingerprint density at radius 1 is 1.10 bits per heavy atom. The molecular weight excluding hydrogens is 328 g/mol. The van der Waals surface area contributed by atoms with Crippen molar-refractivity contribution in [1.82, 2.24) is 10.3 Å². The van der Waals surface area contributed by atoms with Crippen LogP contribution in [0.3, 0.4) is 0 Å². The van der Waals surface area contributed by atoms with Gasteiger partial charge in [0.1, 0.15) is 11.5 Å². The van der Waals surface area contributed by atoms with Gasteiger partial charge in [0.05, 0.1) is 9.99 Å². The zero-order valence-corrected chi connectivity index (χ0v) is 13.2. The predicted octanol–water partition coefficient (Wildman–Crippen LogP) is 4.51. The molecule has 0 saturated heterocycles. The smallest absolute Gasteiger partial charge is 0.141 e. The van der Waals surface area contributed by atoms with E-state index in [1.165, 1.54) is 5.56 Å². The molecule has 0 spiro atoms. The van der Waals surface area contributed by atoms with E-state index < -0.39 is 0 Å². The fraction of sp³-hybridized carbons (Fsp3) is 0.118. The first-order chi connectivity index (χ1) is 10.3. The highest BCUT2D eigenvalue weighted by atomic mass is 79.9. The third-order valence-corrected chi connectivity index (χ3v) is 3.82. The first-order valence-electron chi connectivity index (χ1n) is 6.72. The van der Waals surface area contributed by atoms with Crippen molar-refractivity contribution in [2.75, 3.05) is 7.05 Å². The van der Waals surface area contributed by atoms with Gasteiger partial charge in [-0.3, -0.25) is 4.98 Å². The largest absolute Gasteiger partial charge is 0.455 e. The van der Waals surface area contributed by atoms with Crippen molar-refractivity contribution in [2.24, 2.45) is 0 Å². The molecule has 3 nitrogen and oxygen atoms in total. The second kappa shape index (κ2) is 6.24. The monoisotopic (exact) mass is 342 g/mol. The van der Waals surface area contributed by atoms with Crippen molar-refractivity contribution in [1.29, 1.82) is 0 Å². The van der Waals surface area contributed by atoms with Crippen LogP contribution in [0.4, 0.5) is 0 Å². The minimum atomic E-state index is 0.797. The number of fused-ring (bicyclic) bond motifs is 1. The van der Waals surface area contributed by atoms with Crippen LogP contribution in [0, 0.1) is 0 Å². The molecule has 0 atom stereocenters. The molecular formula is C17H15BrN2O. The second-order valence-electron chi connectivity index (χ2n) is 4.72. The number of ether oxygens (including phenoxy) is 1. The number of pyridine rings is 1. The highest BCUT2D eigenvalue weighted by molar-refractivity contribution is 9.10. The lowest BCUT2D eigenvalue weighted by molar-refractivity contribution is 0.485. The number of hydrogen-bond acceptors (Lipinski definition) is 3. The van der Waals surface area contributed by atoms with E-state index in [9.17, 15) is 0 Å². The summed E-state index contributed by atoms with van der Waals surface area (Å²) in [6.07, 6.45) is 1.79. The van der Waals surface area contributed by atoms with Crippen molar-refractivity contribution in [3.8, 4) is 11.5 Å². The molecule has 0 radical (unpaired) electrons. The zero-order chi connectivity index (χ0) is 14.7. The van der Waals surface area contributed by atoms with Gasteiger partial charge in [-0.25, -0.2) is 0 Å². The lowest BCUT2D eigenvalue weighted by Gasteiger charge is -2.11. The van der Waals surface area contributed by atoms with Crippen LogP contribution in [0.1, 0.15) is 5.56 Å². The Balaban J connectivity index is 1.95. The number of aromatic nitrogens is 1. The summed E-state index contributed by atoms with van der Waals surface area (Å²) in [6, 6.07) is 15.9. The van der Waals surface area contributed by atoms with Gasteiger partial charge in [-0.15, -0.1) is 0 Å². The minimum Gasteiger partial charge on any atom is -0.455 e. The van der Waals surface area contributed by atoms with E-state index in [2.05, 4.69) is 38.4 Å². The summed E-state index contributed by atoms with van der Waals surface area (Å²) in [6.45, 7) is 0.830. The van der Waals surface area contributed by atoms with Crippen LogP contribution in [0.5, 0.6) is 11.5 Å². The van der Waals surface area contributed by atoms with Crippen molar-refractivity contribution in [2.45, 2.75) is 6.54 Å². The molecule has 0 aliphatic rings. The fourth-order valence-electron chi connectivity index (χ4n) is 2.22. The molecule has 1 aromatic heterocycles. The van der Waals surface area contributed by atoms with Gasteiger partial charge in [0.2, 0.25) is 0 Å². The number of nitrogens with one attached hydrogen (secondary N) is 1. The molecule has 3 rings (SSSR count). The second-order valence-corrected chi connectivity index (χ2v) is 5.58. The molecule has 0 saturated carbocycles. The Bertz CT molecular complexity index is 768. The van der Waals surface area contributed by atoms with Gasteiger partial charge in [-0.2, -0.15) is 0 Å². The summed E-state index contributed by atoms with van der Waals surface area (Å²) in [5.74, 6) is 1.61. The number of benzene rings is 2. The van der Waals surface area contributed by atoms with E-state index in [0.717, 1.165) is 33.4 Å². The summed E-state index contributed by atoms with van der Waals surface area (Å²) in [5, 5.41) is 4.14. The van der Waals surface area contributed by atoms with Crippen LogP contribution in [-0.2, 0) is 6.54 Å². The van der Waals surface area contributed by atoms with Crippen LogP contribution in [0.15, 0.2) is 59.2 Å². The van der Waals surface area contributed by atoms with E-state index >= 15 is 0 Å². The number of hydrogen-bond donors (Lipinski definition) is 1. The van der Waals surface area contributed by atoms with Gasteiger partial charge in [0.25, 0.3) is 0 Å². The van der Waals surface area contributed by atoms with Crippen LogP contribution in [-0.4, -0.2) is 12.0 Å². The van der Waals surface area contributed by atoms with Crippen LogP contribution in [0.25, 0.3) is 10.9 Å². The van der Waals surface area contributed by atoms with Gasteiger partial charge >= 0.3 is 0 Å². The Morgan fingerprint density at radius 2 is 2.00 bits per heavy atom. The van der Waals surface area contributed by atoms with Crippen LogP contribution >= 0.6 is 15.9 Å². The molecule has 0 amide bonds. The van der Waals surface area contributed by atoms with Crippen molar-refractivity contribution < 1.29 is 4.74 Å². The molecule has 2 aromatic carbocycles. The quantitative estimate of drug-likeness (QED) is 0.757. The molecule has 0 aliphatic carbocycles. The molecule has 0 fully saturated rings. The molecule has 0 unspecified atom stereocenters. The van der Waals surface area contributed by atoms with E-state index in [4.69, 9.17) is 4.74 Å². The standard InChI is InChI=1S/C17H15BrN2O/c1-19-11-12-7-8-17(14(18)10-12)21-16-6-2-5-15-13(16)4-3-9-20-15/h2-10,19H,11H2,1H3. The molecule has 1 N–H and O–H groups in total. The average Bonchev–Trinajstić information content (AvgIpc) is 2.51. The summed E-state index contributed by atoms with van der Waals surface area (Å²) in [7, 11) is 1.93. The van der Waals surface area contributed by atoms with Crippen LogP contribution < -0.4 is 10.1 Å². The molecule has 0 aliphatic heterocycles. The van der Waals surface area contributed by atoms with Crippen molar-refractivity contribution in [3.05, 3.63) is 64.8 Å². The summed E-state index contributed by atoms with van der Waals surface area (Å²) in [4.78, 5) is 4.34. The zero-order valence-electron chi connectivity index (χ0n) is 11.6. The maximum Gasteiger partial charge on any atom is 0.141 e. The Hall–Kier alpha value is -1.91. The first-order valence-corrected chi connectivity index (χ1v) is 7.52. The Labute approximate surface area is 132 Å². The van der Waals surface area contributed by atoms with E-state index in [1.807, 2.05) is 43.4 Å². The third kappa shape index (κ3) is 3.06. The van der Waals surface area contributed by atoms with E-state index in [1.54, 1.807) is 6.20 Å². The van der Waals surface area contributed by atoms with Crippen molar-refractivity contribution >= 4 is 26.8 Å². The number of nitrogens with zero attached hydrogens (tertiary/aromatic N) is 1. The highest BCUT2D eigenvalue weighted by Gasteiger charge is 2.07. The van der Waals surface area contributed by atoms with E-state index in [-0.39, 0.29) is 0 Å². The molecule has 0 bridgehead atoms. The molecule has 3 aromatic rings.